The first-order chi connectivity index (χ1) is 18.3. The van der Waals surface area contributed by atoms with Gasteiger partial charge in [-0.3, -0.25) is 14.9 Å². The molecule has 0 aliphatic rings. The molecule has 0 heterocycles. The van der Waals surface area contributed by atoms with Gasteiger partial charge in [-0.05, 0) is 66.9 Å². The number of non-ortho nitro benzene ring substituents is 1. The Morgan fingerprint density at radius 2 is 1.49 bits per heavy atom. The molecule has 206 valence electrons. The number of hydrazone groups is 1. The first-order valence-corrected chi connectivity index (χ1v) is 14.4. The maximum Gasteiger partial charge on any atom is 0.339 e. The lowest BCUT2D eigenvalue weighted by molar-refractivity contribution is -0.384. The van der Waals surface area contributed by atoms with Crippen LogP contribution in [0.25, 0.3) is 0 Å². The molecular formula is C25H26N4O8S2. The number of sulfonamides is 1. The number of aryl methyl sites for hydroxylation is 1. The van der Waals surface area contributed by atoms with E-state index < -0.39 is 37.0 Å². The maximum atomic E-state index is 12.7. The second-order valence-electron chi connectivity index (χ2n) is 8.75. The van der Waals surface area contributed by atoms with E-state index in [0.29, 0.717) is 5.56 Å². The van der Waals surface area contributed by atoms with Gasteiger partial charge in [0.2, 0.25) is 10.0 Å². The standard InChI is InChI=1S/C25H26N4O8S2/c1-17(2)24(28-38(33,34)22-12-4-18(3)5-13-22)25(30)27-26-16-19-6-10-21(11-7-19)37-39(35,36)23-14-8-20(9-15-23)29(31)32/h4-17,24,28H,1-3H3,(H,27,30)/b26-16-/t24-/m1/s1. The van der Waals surface area contributed by atoms with Crippen molar-refractivity contribution in [3.8, 4) is 5.75 Å². The number of rotatable bonds is 11. The van der Waals surface area contributed by atoms with E-state index in [0.717, 1.165) is 29.8 Å². The predicted octanol–water partition coefficient (Wildman–Crippen LogP) is 3.12. The van der Waals surface area contributed by atoms with Gasteiger partial charge in [0, 0.05) is 12.1 Å². The number of nitrogens with one attached hydrogen (secondary N) is 2. The Morgan fingerprint density at radius 1 is 0.923 bits per heavy atom. The molecule has 3 aromatic carbocycles. The highest BCUT2D eigenvalue weighted by atomic mass is 32.2. The summed E-state index contributed by atoms with van der Waals surface area (Å²) in [6.07, 6.45) is 1.29. The van der Waals surface area contributed by atoms with E-state index in [-0.39, 0.29) is 27.1 Å². The number of amides is 1. The second kappa shape index (κ2) is 12.1. The van der Waals surface area contributed by atoms with Gasteiger partial charge in [-0.1, -0.05) is 31.5 Å². The Kier molecular flexibility index (Phi) is 9.16. The lowest BCUT2D eigenvalue weighted by Crippen LogP contribution is -2.48. The molecule has 2 N–H and O–H groups in total. The topological polar surface area (TPSA) is 174 Å². The van der Waals surface area contributed by atoms with Crippen LogP contribution in [0.1, 0.15) is 25.0 Å². The quantitative estimate of drug-likeness (QED) is 0.152. The minimum atomic E-state index is -4.22. The van der Waals surface area contributed by atoms with Gasteiger partial charge in [0.1, 0.15) is 16.7 Å². The van der Waals surface area contributed by atoms with Crippen molar-refractivity contribution in [2.75, 3.05) is 0 Å². The number of nitrogens with zero attached hydrogens (tertiary/aromatic N) is 2. The predicted molar refractivity (Wildman–Crippen MR) is 143 cm³/mol. The van der Waals surface area contributed by atoms with Gasteiger partial charge in [-0.15, -0.1) is 0 Å². The third-order valence-electron chi connectivity index (χ3n) is 5.37. The molecule has 1 atom stereocenters. The monoisotopic (exact) mass is 574 g/mol. The molecule has 0 aromatic heterocycles. The molecule has 0 fully saturated rings. The van der Waals surface area contributed by atoms with Gasteiger partial charge < -0.3 is 4.18 Å². The summed E-state index contributed by atoms with van der Waals surface area (Å²) in [7, 11) is -8.17. The van der Waals surface area contributed by atoms with Gasteiger partial charge in [0.15, 0.2) is 0 Å². The molecule has 0 aliphatic heterocycles. The molecular weight excluding hydrogens is 548 g/mol. The highest BCUT2D eigenvalue weighted by molar-refractivity contribution is 7.89. The van der Waals surface area contributed by atoms with Crippen LogP contribution in [0.4, 0.5) is 5.69 Å². The van der Waals surface area contributed by atoms with Crippen LogP contribution in [0.2, 0.25) is 0 Å². The van der Waals surface area contributed by atoms with Gasteiger partial charge in [-0.25, -0.2) is 13.8 Å². The van der Waals surface area contributed by atoms with Crippen LogP contribution in [-0.2, 0) is 24.9 Å². The van der Waals surface area contributed by atoms with E-state index in [9.17, 15) is 31.7 Å². The van der Waals surface area contributed by atoms with Crippen molar-refractivity contribution >= 4 is 38.0 Å². The summed E-state index contributed by atoms with van der Waals surface area (Å²) >= 11 is 0. The molecule has 0 aliphatic carbocycles. The number of carbonyl (C=O) groups excluding carboxylic acids is 1. The summed E-state index contributed by atoms with van der Waals surface area (Å²) in [5.74, 6) is -1.06. The van der Waals surface area contributed by atoms with Crippen molar-refractivity contribution in [1.29, 1.82) is 0 Å². The minimum absolute atomic E-state index is 0.0140. The minimum Gasteiger partial charge on any atom is -0.379 e. The lowest BCUT2D eigenvalue weighted by Gasteiger charge is -2.20. The molecule has 3 aromatic rings. The third-order valence-corrected chi connectivity index (χ3v) is 8.09. The molecule has 0 saturated carbocycles. The van der Waals surface area contributed by atoms with Crippen LogP contribution in [0.15, 0.2) is 87.7 Å². The zero-order chi connectivity index (χ0) is 28.8. The van der Waals surface area contributed by atoms with Crippen molar-refractivity contribution < 1.29 is 30.7 Å². The SMILES string of the molecule is Cc1ccc(S(=O)(=O)N[C@@H](C(=O)N/N=C\c2ccc(OS(=O)(=O)c3ccc([N+](=O)[O-])cc3)cc2)C(C)C)cc1. The van der Waals surface area contributed by atoms with E-state index >= 15 is 0 Å². The second-order valence-corrected chi connectivity index (χ2v) is 12.0. The molecule has 3 rings (SSSR count). The molecule has 1 amide bonds. The smallest absolute Gasteiger partial charge is 0.339 e. The van der Waals surface area contributed by atoms with E-state index in [1.807, 2.05) is 6.92 Å². The molecule has 12 nitrogen and oxygen atoms in total. The average Bonchev–Trinajstić information content (AvgIpc) is 2.88. The summed E-state index contributed by atoms with van der Waals surface area (Å²) in [6, 6.07) is 15.1. The van der Waals surface area contributed by atoms with Crippen molar-refractivity contribution in [2.24, 2.45) is 11.0 Å². The van der Waals surface area contributed by atoms with Gasteiger partial charge >= 0.3 is 10.1 Å². The number of nitro groups is 1. The third kappa shape index (κ3) is 7.92. The first kappa shape index (κ1) is 29.4. The Labute approximate surface area is 226 Å². The highest BCUT2D eigenvalue weighted by Crippen LogP contribution is 2.21. The Morgan fingerprint density at radius 3 is 2.03 bits per heavy atom. The summed E-state index contributed by atoms with van der Waals surface area (Å²) < 4.78 is 57.7. The number of benzene rings is 3. The number of hydrogen-bond acceptors (Lipinski definition) is 9. The van der Waals surface area contributed by atoms with Crippen LogP contribution in [0.5, 0.6) is 5.75 Å². The van der Waals surface area contributed by atoms with Crippen molar-refractivity contribution in [2.45, 2.75) is 36.6 Å². The van der Waals surface area contributed by atoms with Crippen LogP contribution < -0.4 is 14.3 Å². The number of carbonyl (C=O) groups is 1. The Balaban J connectivity index is 1.62. The molecule has 0 radical (unpaired) electrons. The molecule has 0 bridgehead atoms. The van der Waals surface area contributed by atoms with Crippen LogP contribution in [0.3, 0.4) is 0 Å². The number of nitro benzene ring substituents is 1. The maximum absolute atomic E-state index is 12.7. The van der Waals surface area contributed by atoms with Gasteiger partial charge in [-0.2, -0.15) is 18.2 Å². The summed E-state index contributed by atoms with van der Waals surface area (Å²) in [5, 5.41) is 14.6. The van der Waals surface area contributed by atoms with Crippen molar-refractivity contribution in [3.05, 3.63) is 94.0 Å². The molecule has 0 unspecified atom stereocenters. The Hall–Kier alpha value is -4.14. The zero-order valence-electron chi connectivity index (χ0n) is 21.1. The van der Waals surface area contributed by atoms with Crippen molar-refractivity contribution in [3.63, 3.8) is 0 Å². The number of hydrogen-bond donors (Lipinski definition) is 2. The van der Waals surface area contributed by atoms with E-state index in [1.165, 1.54) is 42.6 Å². The summed E-state index contributed by atoms with van der Waals surface area (Å²) in [4.78, 5) is 22.5. The van der Waals surface area contributed by atoms with E-state index in [1.54, 1.807) is 26.0 Å². The van der Waals surface area contributed by atoms with Crippen LogP contribution in [0, 0.1) is 23.0 Å². The van der Waals surface area contributed by atoms with Crippen LogP contribution in [-0.4, -0.2) is 39.9 Å². The fourth-order valence-electron chi connectivity index (χ4n) is 3.20. The first-order valence-electron chi connectivity index (χ1n) is 11.5. The largest absolute Gasteiger partial charge is 0.379 e. The fourth-order valence-corrected chi connectivity index (χ4v) is 5.48. The zero-order valence-corrected chi connectivity index (χ0v) is 22.8. The van der Waals surface area contributed by atoms with Crippen LogP contribution >= 0.6 is 0 Å². The fraction of sp³-hybridized carbons (Fsp3) is 0.200. The summed E-state index contributed by atoms with van der Waals surface area (Å²) in [5.41, 5.74) is 3.43. The van der Waals surface area contributed by atoms with Gasteiger partial charge in [0.25, 0.3) is 11.6 Å². The summed E-state index contributed by atoms with van der Waals surface area (Å²) in [6.45, 7) is 5.21. The highest BCUT2D eigenvalue weighted by Gasteiger charge is 2.28. The molecule has 39 heavy (non-hydrogen) atoms. The van der Waals surface area contributed by atoms with Crippen molar-refractivity contribution in [1.82, 2.24) is 10.1 Å². The molecule has 0 saturated heterocycles. The Bertz CT molecular complexity index is 1570. The van der Waals surface area contributed by atoms with Gasteiger partial charge in [0.05, 0.1) is 16.0 Å². The lowest BCUT2D eigenvalue weighted by atomic mass is 10.1. The average molecular weight is 575 g/mol. The molecule has 0 spiro atoms. The van der Waals surface area contributed by atoms with E-state index in [4.69, 9.17) is 4.18 Å². The molecule has 14 heteroatoms. The normalized spacial score (nSPS) is 12.8. The van der Waals surface area contributed by atoms with E-state index in [2.05, 4.69) is 15.2 Å².